The number of hydrogen-bond acceptors (Lipinski definition) is 4. The number of aryl methyl sites for hydroxylation is 2. The van der Waals surface area contributed by atoms with Crippen molar-refractivity contribution in [2.24, 2.45) is 4.40 Å². The zero-order chi connectivity index (χ0) is 29.4. The highest BCUT2D eigenvalue weighted by atomic mass is 32.2. The van der Waals surface area contributed by atoms with Gasteiger partial charge in [0.15, 0.2) is 0 Å². The highest BCUT2D eigenvalue weighted by Crippen LogP contribution is 2.44. The molecule has 0 saturated heterocycles. The maximum atomic E-state index is 13.7. The first-order valence-corrected chi connectivity index (χ1v) is 13.0. The third kappa shape index (κ3) is 5.60. The van der Waals surface area contributed by atoms with Crippen LogP contribution in [0.2, 0.25) is 0 Å². The highest BCUT2D eigenvalue weighted by Gasteiger charge is 2.58. The largest absolute Gasteiger partial charge is 0.458 e. The number of para-hydroxylation sites is 1. The molecule has 0 atom stereocenters. The average molecular weight is 584 g/mol. The van der Waals surface area contributed by atoms with E-state index < -0.39 is 23.7 Å². The molecule has 12 heteroatoms. The van der Waals surface area contributed by atoms with Crippen LogP contribution in [-0.4, -0.2) is 28.0 Å². The lowest BCUT2D eigenvalue weighted by Gasteiger charge is -2.20. The summed E-state index contributed by atoms with van der Waals surface area (Å²) in [6.45, 7) is 3.82. The fourth-order valence-electron chi connectivity index (χ4n) is 4.41. The van der Waals surface area contributed by atoms with Gasteiger partial charge in [-0.25, -0.2) is 14.2 Å². The van der Waals surface area contributed by atoms with Gasteiger partial charge in [-0.05, 0) is 60.2 Å². The van der Waals surface area contributed by atoms with Gasteiger partial charge in [0.25, 0.3) is 0 Å². The molecule has 0 bridgehead atoms. The highest BCUT2D eigenvalue weighted by molar-refractivity contribution is 7.96. The topological polar surface area (TPSA) is 71.3 Å². The number of aromatic nitrogens is 2. The van der Waals surface area contributed by atoms with E-state index in [1.807, 2.05) is 56.3 Å². The maximum Gasteiger partial charge on any atom is 0.458 e. The second-order valence-corrected chi connectivity index (χ2v) is 9.89. The molecule has 5 rings (SSSR count). The van der Waals surface area contributed by atoms with Crippen LogP contribution in [0.4, 0.5) is 32.4 Å². The lowest BCUT2D eigenvalue weighted by atomic mass is 10.1. The van der Waals surface area contributed by atoms with Crippen molar-refractivity contribution in [2.75, 3.05) is 5.32 Å². The summed E-state index contributed by atoms with van der Waals surface area (Å²) in [6.07, 6.45) is -2.59. The second-order valence-electron chi connectivity index (χ2n) is 9.30. The number of carbonyl (C=O) groups is 1. The van der Waals surface area contributed by atoms with E-state index in [1.165, 1.54) is 18.5 Å². The fourth-order valence-corrected chi connectivity index (χ4v) is 4.78. The van der Waals surface area contributed by atoms with Crippen molar-refractivity contribution in [1.29, 1.82) is 0 Å². The van der Waals surface area contributed by atoms with E-state index in [0.29, 0.717) is 16.7 Å². The minimum Gasteiger partial charge on any atom is -0.307 e. The Bertz CT molecular complexity index is 1760. The lowest BCUT2D eigenvalue weighted by molar-refractivity contribution is -0.289. The van der Waals surface area contributed by atoms with Crippen molar-refractivity contribution >= 4 is 51.9 Å². The SMILES string of the molecule is Cc1cccc(C)c1NC(=O)NSN=Cc1ccc2c(ccc3c2ncn3-c2ccc(C(F)(F)C(F)(F)F)cc2)c1. The summed E-state index contributed by atoms with van der Waals surface area (Å²) in [5.74, 6) is -4.94. The van der Waals surface area contributed by atoms with Gasteiger partial charge in [-0.2, -0.15) is 22.0 Å². The molecule has 2 amide bonds. The normalized spacial score (nSPS) is 12.4. The van der Waals surface area contributed by atoms with Crippen molar-refractivity contribution in [3.63, 3.8) is 0 Å². The monoisotopic (exact) mass is 583 g/mol. The summed E-state index contributed by atoms with van der Waals surface area (Å²) in [4.78, 5) is 16.7. The Morgan fingerprint density at radius 1 is 0.951 bits per heavy atom. The molecule has 41 heavy (non-hydrogen) atoms. The van der Waals surface area contributed by atoms with Crippen molar-refractivity contribution in [3.8, 4) is 5.69 Å². The van der Waals surface area contributed by atoms with Crippen LogP contribution in [0.25, 0.3) is 27.5 Å². The number of nitrogens with zero attached hydrogens (tertiary/aromatic N) is 3. The number of carbonyl (C=O) groups excluding carboxylic acids is 1. The van der Waals surface area contributed by atoms with Gasteiger partial charge in [-0.1, -0.05) is 48.5 Å². The Balaban J connectivity index is 1.29. The Morgan fingerprint density at radius 3 is 2.34 bits per heavy atom. The first-order valence-electron chi connectivity index (χ1n) is 12.2. The van der Waals surface area contributed by atoms with E-state index in [1.54, 1.807) is 16.8 Å². The summed E-state index contributed by atoms with van der Waals surface area (Å²) in [5.41, 5.74) is 3.98. The average Bonchev–Trinajstić information content (AvgIpc) is 3.37. The molecule has 4 aromatic carbocycles. The smallest absolute Gasteiger partial charge is 0.307 e. The van der Waals surface area contributed by atoms with Crippen LogP contribution in [0.1, 0.15) is 22.3 Å². The summed E-state index contributed by atoms with van der Waals surface area (Å²) in [7, 11) is 0. The van der Waals surface area contributed by atoms with Gasteiger partial charge >= 0.3 is 18.1 Å². The zero-order valence-electron chi connectivity index (χ0n) is 21.6. The van der Waals surface area contributed by atoms with E-state index in [9.17, 15) is 26.7 Å². The van der Waals surface area contributed by atoms with Crippen molar-refractivity contribution < 1.29 is 26.7 Å². The predicted molar refractivity (Wildman–Crippen MR) is 152 cm³/mol. The maximum absolute atomic E-state index is 13.7. The number of halogens is 5. The number of imidazole rings is 1. The summed E-state index contributed by atoms with van der Waals surface area (Å²) in [5, 5.41) is 4.49. The molecule has 2 N–H and O–H groups in total. The summed E-state index contributed by atoms with van der Waals surface area (Å²) in [6, 6.07) is 18.5. The quantitative estimate of drug-likeness (QED) is 0.120. The molecule has 0 fully saturated rings. The first kappa shape index (κ1) is 28.1. The number of anilines is 1. The molecule has 5 aromatic rings. The molecule has 0 aliphatic heterocycles. The molecule has 0 unspecified atom stereocenters. The van der Waals surface area contributed by atoms with Crippen LogP contribution >= 0.6 is 12.1 Å². The third-order valence-corrected chi connectivity index (χ3v) is 7.02. The van der Waals surface area contributed by atoms with E-state index in [4.69, 9.17) is 0 Å². The van der Waals surface area contributed by atoms with Crippen LogP contribution < -0.4 is 10.0 Å². The number of urea groups is 1. The zero-order valence-corrected chi connectivity index (χ0v) is 22.4. The Morgan fingerprint density at radius 2 is 1.66 bits per heavy atom. The van der Waals surface area contributed by atoms with Crippen molar-refractivity contribution in [1.82, 2.24) is 14.3 Å². The third-order valence-electron chi connectivity index (χ3n) is 6.53. The number of hydrogen-bond donors (Lipinski definition) is 2. The van der Waals surface area contributed by atoms with Gasteiger partial charge in [-0.3, -0.25) is 9.29 Å². The van der Waals surface area contributed by atoms with Gasteiger partial charge in [0, 0.05) is 28.5 Å². The molecule has 0 aliphatic carbocycles. The van der Waals surface area contributed by atoms with E-state index >= 15 is 0 Å². The minimum atomic E-state index is -5.68. The van der Waals surface area contributed by atoms with Crippen LogP contribution in [0, 0.1) is 13.8 Å². The molecule has 1 aromatic heterocycles. The van der Waals surface area contributed by atoms with Crippen molar-refractivity contribution in [3.05, 3.63) is 101 Å². The molecule has 1 heterocycles. The Labute approximate surface area is 235 Å². The van der Waals surface area contributed by atoms with Gasteiger partial charge in [0.2, 0.25) is 0 Å². The Hall–Kier alpha value is -4.45. The van der Waals surface area contributed by atoms with Gasteiger partial charge < -0.3 is 5.32 Å². The molecule has 0 aliphatic rings. The summed E-state index contributed by atoms with van der Waals surface area (Å²) >= 11 is 0.882. The van der Waals surface area contributed by atoms with Crippen LogP contribution in [-0.2, 0) is 5.92 Å². The van der Waals surface area contributed by atoms with E-state index in [2.05, 4.69) is 19.4 Å². The molecule has 6 nitrogen and oxygen atoms in total. The molecular weight excluding hydrogens is 561 g/mol. The number of amides is 2. The minimum absolute atomic E-state index is 0.392. The van der Waals surface area contributed by atoms with Gasteiger partial charge in [0.1, 0.15) is 6.33 Å². The molecule has 210 valence electrons. The number of alkyl halides is 5. The predicted octanol–water partition coefficient (Wildman–Crippen LogP) is 8.25. The molecular formula is C29H22F5N5OS. The van der Waals surface area contributed by atoms with Crippen LogP contribution in [0.5, 0.6) is 0 Å². The summed E-state index contributed by atoms with van der Waals surface area (Å²) < 4.78 is 73.9. The number of nitrogens with one attached hydrogen (secondary N) is 2. The standard InChI is InChI=1S/C29H22F5N5OS/c1-17-4-3-5-18(2)25(17)37-27(40)38-41-36-15-19-6-12-23-20(14-19)7-13-24-26(23)35-16-39(24)22-10-8-21(9-11-22)28(30,31)29(32,33)34/h3-16H,1-2H3,(H2,37,38,40). The molecule has 0 saturated carbocycles. The van der Waals surface area contributed by atoms with Crippen LogP contribution in [0.3, 0.4) is 0 Å². The second kappa shape index (κ2) is 10.8. The molecule has 0 spiro atoms. The number of benzene rings is 4. The van der Waals surface area contributed by atoms with E-state index in [0.717, 1.165) is 57.4 Å². The Kier molecular flexibility index (Phi) is 7.43. The first-order chi connectivity index (χ1) is 19.5. The van der Waals surface area contributed by atoms with Crippen molar-refractivity contribution in [2.45, 2.75) is 25.9 Å². The number of fused-ring (bicyclic) bond motifs is 3. The fraction of sp³-hybridized carbons (Fsp3) is 0.138. The van der Waals surface area contributed by atoms with Gasteiger partial charge in [-0.15, -0.1) is 0 Å². The number of rotatable bonds is 6. The lowest BCUT2D eigenvalue weighted by Crippen LogP contribution is -2.33. The van der Waals surface area contributed by atoms with Crippen LogP contribution in [0.15, 0.2) is 83.5 Å². The van der Waals surface area contributed by atoms with E-state index in [-0.39, 0.29) is 0 Å². The molecule has 0 radical (unpaired) electrons. The van der Waals surface area contributed by atoms with Gasteiger partial charge in [0.05, 0.1) is 23.2 Å².